The number of halogens is 4. The van der Waals surface area contributed by atoms with Crippen molar-refractivity contribution in [3.8, 4) is 0 Å². The summed E-state index contributed by atoms with van der Waals surface area (Å²) < 4.78 is 45.1. The highest BCUT2D eigenvalue weighted by molar-refractivity contribution is 5.98. The molecule has 2 aliphatic rings. The molecule has 0 radical (unpaired) electrons. The molecule has 7 nitrogen and oxygen atoms in total. The van der Waals surface area contributed by atoms with Gasteiger partial charge in [-0.15, -0.1) is 0 Å². The molecule has 2 heterocycles. The van der Waals surface area contributed by atoms with E-state index in [0.29, 0.717) is 12.1 Å². The van der Waals surface area contributed by atoms with Gasteiger partial charge in [-0.05, 0) is 73.5 Å². The maximum Gasteiger partial charge on any atom is 0.490 e. The van der Waals surface area contributed by atoms with E-state index in [1.54, 1.807) is 12.1 Å². The number of nitrogens with one attached hydrogen (secondary N) is 2. The van der Waals surface area contributed by atoms with Crippen LogP contribution in [0.3, 0.4) is 0 Å². The predicted molar refractivity (Wildman–Crippen MR) is 145 cm³/mol. The van der Waals surface area contributed by atoms with Crippen molar-refractivity contribution in [1.82, 2.24) is 15.5 Å². The summed E-state index contributed by atoms with van der Waals surface area (Å²) in [5, 5.41) is 15.5. The van der Waals surface area contributed by atoms with Crippen LogP contribution in [-0.2, 0) is 9.59 Å². The monoisotopic (exact) mass is 573 g/mol. The average molecular weight is 574 g/mol. The van der Waals surface area contributed by atoms with Crippen LogP contribution in [0.2, 0.25) is 0 Å². The van der Waals surface area contributed by atoms with E-state index in [1.165, 1.54) is 12.1 Å². The summed E-state index contributed by atoms with van der Waals surface area (Å²) in [6.45, 7) is 4.94. The summed E-state index contributed by atoms with van der Waals surface area (Å²) in [5.74, 6) is -2.91. The molecule has 5 rings (SSSR count). The van der Waals surface area contributed by atoms with Gasteiger partial charge in [-0.2, -0.15) is 13.2 Å². The SMILES string of the molecule is CC(CN1CCC2(CC1)C(=O)NCC2c1ccc(F)cc1)NC(=O)c1ccc2ccccc2c1.O=C(O)C(F)(F)F. The molecule has 3 N–H and O–H groups in total. The molecule has 2 fully saturated rings. The summed E-state index contributed by atoms with van der Waals surface area (Å²) in [6.07, 6.45) is -3.57. The third-order valence-corrected chi connectivity index (χ3v) is 7.77. The molecule has 1 spiro atoms. The lowest BCUT2D eigenvalue weighted by Gasteiger charge is -2.41. The number of carbonyl (C=O) groups excluding carboxylic acids is 2. The van der Waals surface area contributed by atoms with Gasteiger partial charge < -0.3 is 20.6 Å². The molecule has 2 aliphatic heterocycles. The Bertz CT molecular complexity index is 1400. The first-order valence-corrected chi connectivity index (χ1v) is 13.2. The molecule has 2 atom stereocenters. The summed E-state index contributed by atoms with van der Waals surface area (Å²) in [6, 6.07) is 20.3. The number of likely N-dealkylation sites (tertiary alicyclic amines) is 1. The van der Waals surface area contributed by atoms with Crippen molar-refractivity contribution in [3.63, 3.8) is 0 Å². The molecule has 218 valence electrons. The van der Waals surface area contributed by atoms with E-state index in [0.717, 1.165) is 48.8 Å². The van der Waals surface area contributed by atoms with Crippen LogP contribution in [0.15, 0.2) is 66.7 Å². The lowest BCUT2D eigenvalue weighted by molar-refractivity contribution is -0.192. The smallest absolute Gasteiger partial charge is 0.475 e. The molecule has 0 saturated carbocycles. The minimum Gasteiger partial charge on any atom is -0.475 e. The third kappa shape index (κ3) is 7.02. The standard InChI is InChI=1S/C28H30FN3O2.C2HF3O2/c1-19(31-26(33)23-7-6-20-4-2-3-5-22(20)16-23)18-32-14-12-28(13-15-32)25(17-30-27(28)34)21-8-10-24(29)11-9-21;3-2(4,5)1(6)7/h2-11,16,19,25H,12-15,17-18H2,1H3,(H,30,34)(H,31,33);(H,6,7). The fourth-order valence-electron chi connectivity index (χ4n) is 5.64. The first-order chi connectivity index (χ1) is 19.4. The molecule has 11 heteroatoms. The zero-order valence-corrected chi connectivity index (χ0v) is 22.4. The molecule has 2 amide bonds. The third-order valence-electron chi connectivity index (χ3n) is 7.77. The van der Waals surface area contributed by atoms with Crippen LogP contribution in [0.25, 0.3) is 10.8 Å². The van der Waals surface area contributed by atoms with Crippen LogP contribution < -0.4 is 10.6 Å². The second-order valence-electron chi connectivity index (χ2n) is 10.5. The molecule has 2 unspecified atom stereocenters. The molecular weight excluding hydrogens is 542 g/mol. The highest BCUT2D eigenvalue weighted by atomic mass is 19.4. The van der Waals surface area contributed by atoms with Crippen LogP contribution in [0, 0.1) is 11.2 Å². The average Bonchev–Trinajstić information content (AvgIpc) is 3.25. The molecule has 3 aromatic rings. The van der Waals surface area contributed by atoms with Gasteiger partial charge >= 0.3 is 12.1 Å². The Morgan fingerprint density at radius 1 is 1.05 bits per heavy atom. The fraction of sp³-hybridized carbons (Fsp3) is 0.367. The fourth-order valence-corrected chi connectivity index (χ4v) is 5.64. The van der Waals surface area contributed by atoms with Gasteiger partial charge in [0.2, 0.25) is 5.91 Å². The molecule has 2 saturated heterocycles. The van der Waals surface area contributed by atoms with Crippen molar-refractivity contribution in [2.75, 3.05) is 26.2 Å². The van der Waals surface area contributed by atoms with Gasteiger partial charge in [0.1, 0.15) is 5.82 Å². The van der Waals surface area contributed by atoms with Crippen molar-refractivity contribution in [2.45, 2.75) is 37.9 Å². The second kappa shape index (κ2) is 12.3. The van der Waals surface area contributed by atoms with Crippen LogP contribution in [0.4, 0.5) is 17.6 Å². The van der Waals surface area contributed by atoms with Crippen molar-refractivity contribution >= 4 is 28.6 Å². The number of piperidine rings is 1. The number of nitrogens with zero attached hydrogens (tertiary/aromatic N) is 1. The quantitative estimate of drug-likeness (QED) is 0.384. The highest BCUT2D eigenvalue weighted by Crippen LogP contribution is 2.47. The summed E-state index contributed by atoms with van der Waals surface area (Å²) in [4.78, 5) is 36.9. The van der Waals surface area contributed by atoms with Crippen molar-refractivity contribution in [1.29, 1.82) is 0 Å². The number of carboxylic acid groups (broad SMARTS) is 1. The number of rotatable bonds is 5. The topological polar surface area (TPSA) is 98.7 Å². The number of carboxylic acids is 1. The number of hydrogen-bond donors (Lipinski definition) is 3. The molecule has 41 heavy (non-hydrogen) atoms. The first-order valence-electron chi connectivity index (χ1n) is 13.2. The van der Waals surface area contributed by atoms with Gasteiger partial charge in [0.05, 0.1) is 5.41 Å². The molecule has 0 aliphatic carbocycles. The Morgan fingerprint density at radius 2 is 1.66 bits per heavy atom. The van der Waals surface area contributed by atoms with Gasteiger partial charge in [0, 0.05) is 30.6 Å². The summed E-state index contributed by atoms with van der Waals surface area (Å²) >= 11 is 0. The number of carbonyl (C=O) groups is 3. The number of aliphatic carboxylic acids is 1. The minimum absolute atomic E-state index is 0.0154. The zero-order valence-electron chi connectivity index (χ0n) is 22.4. The predicted octanol–water partition coefficient (Wildman–Crippen LogP) is 4.73. The number of benzene rings is 3. The normalized spacial score (nSPS) is 19.2. The van der Waals surface area contributed by atoms with Gasteiger partial charge in [0.25, 0.3) is 5.91 Å². The molecule has 3 aromatic carbocycles. The highest BCUT2D eigenvalue weighted by Gasteiger charge is 2.52. The van der Waals surface area contributed by atoms with Gasteiger partial charge in [0.15, 0.2) is 0 Å². The van der Waals surface area contributed by atoms with E-state index in [-0.39, 0.29) is 29.6 Å². The Morgan fingerprint density at radius 3 is 2.27 bits per heavy atom. The van der Waals surface area contributed by atoms with Gasteiger partial charge in [-0.25, -0.2) is 9.18 Å². The van der Waals surface area contributed by atoms with Crippen LogP contribution in [0.1, 0.15) is 41.6 Å². The van der Waals surface area contributed by atoms with Crippen LogP contribution in [-0.4, -0.2) is 66.2 Å². The van der Waals surface area contributed by atoms with E-state index in [2.05, 4.69) is 15.5 Å². The van der Waals surface area contributed by atoms with E-state index in [4.69, 9.17) is 9.90 Å². The minimum atomic E-state index is -5.08. The van der Waals surface area contributed by atoms with Gasteiger partial charge in [-0.1, -0.05) is 42.5 Å². The van der Waals surface area contributed by atoms with Crippen molar-refractivity contribution in [2.24, 2.45) is 5.41 Å². The summed E-state index contributed by atoms with van der Waals surface area (Å²) in [5.41, 5.74) is 1.24. The number of alkyl halides is 3. The van der Waals surface area contributed by atoms with Gasteiger partial charge in [-0.3, -0.25) is 9.59 Å². The number of hydrogen-bond acceptors (Lipinski definition) is 4. The van der Waals surface area contributed by atoms with E-state index in [1.807, 2.05) is 49.4 Å². The maximum atomic E-state index is 13.4. The number of fused-ring (bicyclic) bond motifs is 1. The van der Waals surface area contributed by atoms with Crippen LogP contribution in [0.5, 0.6) is 0 Å². The molecule has 0 bridgehead atoms. The van der Waals surface area contributed by atoms with E-state index < -0.39 is 17.6 Å². The lowest BCUT2D eigenvalue weighted by Crippen LogP contribution is -2.49. The van der Waals surface area contributed by atoms with E-state index >= 15 is 0 Å². The molecular formula is C30H31F4N3O4. The maximum absolute atomic E-state index is 13.4. The van der Waals surface area contributed by atoms with Crippen molar-refractivity contribution in [3.05, 3.63) is 83.7 Å². The van der Waals surface area contributed by atoms with E-state index in [9.17, 15) is 27.2 Å². The van der Waals surface area contributed by atoms with Crippen molar-refractivity contribution < 1.29 is 37.1 Å². The molecule has 0 aromatic heterocycles. The second-order valence-corrected chi connectivity index (χ2v) is 10.5. The summed E-state index contributed by atoms with van der Waals surface area (Å²) in [7, 11) is 0. The Labute approximate surface area is 234 Å². The lowest BCUT2D eigenvalue weighted by atomic mass is 9.68. The van der Waals surface area contributed by atoms with Crippen LogP contribution >= 0.6 is 0 Å². The zero-order chi connectivity index (χ0) is 29.8. The Balaban J connectivity index is 0.000000493. The largest absolute Gasteiger partial charge is 0.490 e. The first kappa shape index (κ1) is 30.0. The Kier molecular flexibility index (Phi) is 8.96. The Hall–Kier alpha value is -3.99. The number of amides is 2.